The van der Waals surface area contributed by atoms with Gasteiger partial charge in [-0.15, -0.1) is 0 Å². The smallest absolute Gasteiger partial charge is 0.262 e. The topological polar surface area (TPSA) is 67.9 Å². The molecule has 25 heavy (non-hydrogen) atoms. The van der Waals surface area contributed by atoms with E-state index in [0.29, 0.717) is 27.8 Å². The van der Waals surface area contributed by atoms with Crippen molar-refractivity contribution in [2.24, 2.45) is 0 Å². The second kappa shape index (κ2) is 8.39. The molecule has 6 nitrogen and oxygen atoms in total. The van der Waals surface area contributed by atoms with E-state index in [0.717, 1.165) is 0 Å². The Balaban J connectivity index is 2.03. The molecule has 0 saturated heterocycles. The van der Waals surface area contributed by atoms with E-state index < -0.39 is 0 Å². The van der Waals surface area contributed by atoms with Crippen molar-refractivity contribution >= 4 is 29.1 Å². The number of hydrogen-bond acceptors (Lipinski definition) is 4. The fourth-order valence-electron chi connectivity index (χ4n) is 2.09. The molecule has 0 radical (unpaired) electrons. The Bertz CT molecular complexity index is 777. The number of hydrogen-bond donors (Lipinski definition) is 1. The Hall–Kier alpha value is -2.73. The molecule has 0 aliphatic heterocycles. The standard InChI is InChI=1S/C18H19ClN2O4/c1-21(2)18(23)13-10-12(8-9-14(13)19)20-17(22)11-25-16-7-5-4-6-15(16)24-3/h4-10H,11H2,1-3H3,(H,20,22). The number of methoxy groups -OCH3 is 1. The molecule has 2 rings (SSSR count). The van der Waals surface area contributed by atoms with E-state index in [9.17, 15) is 9.59 Å². The first-order valence-corrected chi connectivity index (χ1v) is 7.87. The van der Waals surface area contributed by atoms with Crippen LogP contribution in [-0.4, -0.2) is 44.5 Å². The maximum atomic E-state index is 12.1. The van der Waals surface area contributed by atoms with Gasteiger partial charge in [-0.25, -0.2) is 0 Å². The van der Waals surface area contributed by atoms with Gasteiger partial charge in [0, 0.05) is 19.8 Å². The second-order valence-corrected chi connectivity index (χ2v) is 5.79. The number of nitrogens with one attached hydrogen (secondary N) is 1. The average Bonchev–Trinajstić information content (AvgIpc) is 2.61. The minimum absolute atomic E-state index is 0.194. The van der Waals surface area contributed by atoms with Crippen LogP contribution < -0.4 is 14.8 Å². The molecular formula is C18H19ClN2O4. The number of halogens is 1. The third kappa shape index (κ3) is 4.87. The Morgan fingerprint density at radius 2 is 1.80 bits per heavy atom. The Kier molecular flexibility index (Phi) is 6.25. The summed E-state index contributed by atoms with van der Waals surface area (Å²) >= 11 is 6.05. The summed E-state index contributed by atoms with van der Waals surface area (Å²) in [6.07, 6.45) is 0. The van der Waals surface area contributed by atoms with E-state index in [2.05, 4.69) is 5.32 Å². The van der Waals surface area contributed by atoms with Crippen molar-refractivity contribution in [1.82, 2.24) is 4.90 Å². The predicted octanol–water partition coefficient (Wildman–Crippen LogP) is 3.07. The molecule has 132 valence electrons. The zero-order chi connectivity index (χ0) is 18.4. The van der Waals surface area contributed by atoms with Crippen LogP contribution in [0.5, 0.6) is 11.5 Å². The summed E-state index contributed by atoms with van der Waals surface area (Å²) in [4.78, 5) is 25.6. The largest absolute Gasteiger partial charge is 0.493 e. The van der Waals surface area contributed by atoms with Crippen molar-refractivity contribution in [3.05, 3.63) is 53.1 Å². The maximum absolute atomic E-state index is 12.1. The van der Waals surface area contributed by atoms with Crippen LogP contribution in [0.25, 0.3) is 0 Å². The lowest BCUT2D eigenvalue weighted by Gasteiger charge is -2.14. The van der Waals surface area contributed by atoms with E-state index in [-0.39, 0.29) is 18.4 Å². The second-order valence-electron chi connectivity index (χ2n) is 5.38. The van der Waals surface area contributed by atoms with Crippen molar-refractivity contribution in [1.29, 1.82) is 0 Å². The molecule has 0 aliphatic rings. The van der Waals surface area contributed by atoms with Gasteiger partial charge >= 0.3 is 0 Å². The van der Waals surface area contributed by atoms with Gasteiger partial charge in [0.05, 0.1) is 17.7 Å². The minimum atomic E-state index is -0.364. The highest BCUT2D eigenvalue weighted by molar-refractivity contribution is 6.34. The molecule has 0 heterocycles. The normalized spacial score (nSPS) is 10.1. The minimum Gasteiger partial charge on any atom is -0.493 e. The van der Waals surface area contributed by atoms with Crippen LogP contribution in [0.15, 0.2) is 42.5 Å². The van der Waals surface area contributed by atoms with Gasteiger partial charge in [0.2, 0.25) is 0 Å². The van der Waals surface area contributed by atoms with Crippen LogP contribution in [0.4, 0.5) is 5.69 Å². The monoisotopic (exact) mass is 362 g/mol. The summed E-state index contributed by atoms with van der Waals surface area (Å²) in [6.45, 7) is -0.194. The molecule has 0 unspecified atom stereocenters. The number of ether oxygens (including phenoxy) is 2. The maximum Gasteiger partial charge on any atom is 0.262 e. The van der Waals surface area contributed by atoms with Gasteiger partial charge in [0.1, 0.15) is 0 Å². The van der Waals surface area contributed by atoms with Gasteiger partial charge in [-0.3, -0.25) is 9.59 Å². The molecular weight excluding hydrogens is 344 g/mol. The first-order valence-electron chi connectivity index (χ1n) is 7.49. The number of rotatable bonds is 6. The number of amides is 2. The highest BCUT2D eigenvalue weighted by atomic mass is 35.5. The van der Waals surface area contributed by atoms with Gasteiger partial charge in [-0.05, 0) is 30.3 Å². The van der Waals surface area contributed by atoms with Crippen LogP contribution in [0.3, 0.4) is 0 Å². The summed E-state index contributed by atoms with van der Waals surface area (Å²) in [6, 6.07) is 11.8. The first-order chi connectivity index (χ1) is 11.9. The lowest BCUT2D eigenvalue weighted by atomic mass is 10.1. The van der Waals surface area contributed by atoms with Gasteiger partial charge < -0.3 is 19.7 Å². The summed E-state index contributed by atoms with van der Waals surface area (Å²) in [5.41, 5.74) is 0.776. The third-order valence-electron chi connectivity index (χ3n) is 3.31. The van der Waals surface area contributed by atoms with E-state index in [1.165, 1.54) is 18.1 Å². The number of benzene rings is 2. The first kappa shape index (κ1) is 18.6. The lowest BCUT2D eigenvalue weighted by Crippen LogP contribution is -2.23. The molecule has 0 bridgehead atoms. The fraction of sp³-hybridized carbons (Fsp3) is 0.222. The van der Waals surface area contributed by atoms with Crippen LogP contribution in [0.2, 0.25) is 5.02 Å². The highest BCUT2D eigenvalue weighted by Crippen LogP contribution is 2.26. The van der Waals surface area contributed by atoms with Gasteiger partial charge in [0.25, 0.3) is 11.8 Å². The molecule has 0 aromatic heterocycles. The zero-order valence-corrected chi connectivity index (χ0v) is 15.0. The Morgan fingerprint density at radius 3 is 2.44 bits per heavy atom. The Morgan fingerprint density at radius 1 is 1.12 bits per heavy atom. The van der Waals surface area contributed by atoms with Crippen molar-refractivity contribution < 1.29 is 19.1 Å². The van der Waals surface area contributed by atoms with Crippen molar-refractivity contribution in [2.45, 2.75) is 0 Å². The lowest BCUT2D eigenvalue weighted by molar-refractivity contribution is -0.118. The molecule has 7 heteroatoms. The average molecular weight is 363 g/mol. The summed E-state index contributed by atoms with van der Waals surface area (Å²) in [5, 5.41) is 3.00. The molecule has 1 N–H and O–H groups in total. The summed E-state index contributed by atoms with van der Waals surface area (Å²) < 4.78 is 10.6. The van der Waals surface area contributed by atoms with E-state index in [1.54, 1.807) is 44.4 Å². The van der Waals surface area contributed by atoms with Crippen LogP contribution >= 0.6 is 11.6 Å². The number of para-hydroxylation sites is 2. The van der Waals surface area contributed by atoms with Gasteiger partial charge in [-0.2, -0.15) is 0 Å². The molecule has 0 aliphatic carbocycles. The predicted molar refractivity (Wildman–Crippen MR) is 96.6 cm³/mol. The van der Waals surface area contributed by atoms with Crippen molar-refractivity contribution in [2.75, 3.05) is 33.1 Å². The molecule has 0 saturated carbocycles. The third-order valence-corrected chi connectivity index (χ3v) is 3.64. The van der Waals surface area contributed by atoms with Crippen LogP contribution in [-0.2, 0) is 4.79 Å². The van der Waals surface area contributed by atoms with Gasteiger partial charge in [-0.1, -0.05) is 23.7 Å². The molecule has 0 fully saturated rings. The molecule has 0 spiro atoms. The molecule has 0 atom stereocenters. The number of carbonyl (C=O) groups is 2. The number of anilines is 1. The molecule has 2 aromatic carbocycles. The molecule has 2 aromatic rings. The van der Waals surface area contributed by atoms with Crippen molar-refractivity contribution in [3.8, 4) is 11.5 Å². The van der Waals surface area contributed by atoms with E-state index in [4.69, 9.17) is 21.1 Å². The van der Waals surface area contributed by atoms with Gasteiger partial charge in [0.15, 0.2) is 18.1 Å². The quantitative estimate of drug-likeness (QED) is 0.857. The Labute approximate surface area is 151 Å². The molecule has 2 amide bonds. The summed E-state index contributed by atoms with van der Waals surface area (Å²) in [7, 11) is 4.79. The highest BCUT2D eigenvalue weighted by Gasteiger charge is 2.14. The SMILES string of the molecule is COc1ccccc1OCC(=O)Nc1ccc(Cl)c(C(=O)N(C)C)c1. The van der Waals surface area contributed by atoms with Crippen molar-refractivity contribution in [3.63, 3.8) is 0 Å². The van der Waals surface area contributed by atoms with E-state index in [1.807, 2.05) is 6.07 Å². The number of nitrogens with zero attached hydrogens (tertiary/aromatic N) is 1. The van der Waals surface area contributed by atoms with Crippen LogP contribution in [0.1, 0.15) is 10.4 Å². The van der Waals surface area contributed by atoms with Crippen LogP contribution in [0, 0.1) is 0 Å². The number of carbonyl (C=O) groups excluding carboxylic acids is 2. The fourth-order valence-corrected chi connectivity index (χ4v) is 2.28. The van der Waals surface area contributed by atoms with E-state index >= 15 is 0 Å². The summed E-state index contributed by atoms with van der Waals surface area (Å²) in [5.74, 6) is 0.406. The zero-order valence-electron chi connectivity index (χ0n) is 14.2.